The van der Waals surface area contributed by atoms with Gasteiger partial charge in [0.15, 0.2) is 9.84 Å². The zero-order valence-electron chi connectivity index (χ0n) is 10.9. The van der Waals surface area contributed by atoms with Gasteiger partial charge in [-0.15, -0.1) is 0 Å². The average Bonchev–Trinajstić information content (AvgIpc) is 2.47. The topological polar surface area (TPSA) is 54.4 Å². The maximum absolute atomic E-state index is 12.0. The molecule has 0 amide bonds. The molecule has 0 saturated carbocycles. The van der Waals surface area contributed by atoms with Crippen molar-refractivity contribution >= 4 is 9.84 Å². The zero-order valence-corrected chi connectivity index (χ0v) is 11.7. The molecule has 0 aliphatic carbocycles. The van der Waals surface area contributed by atoms with Crippen molar-refractivity contribution in [2.75, 3.05) is 0 Å². The van der Waals surface area contributed by atoms with Crippen LogP contribution in [0.25, 0.3) is 0 Å². The molecule has 0 bridgehead atoms. The molecule has 2 aromatic rings. The highest BCUT2D eigenvalue weighted by molar-refractivity contribution is 7.94. The fraction of sp³-hybridized carbons (Fsp3) is 0.125. The molecule has 0 aromatic heterocycles. The van der Waals surface area contributed by atoms with Crippen LogP contribution in [0.15, 0.2) is 77.0 Å². The molecule has 1 unspecified atom stereocenters. The van der Waals surface area contributed by atoms with E-state index in [0.29, 0.717) is 6.42 Å². The van der Waals surface area contributed by atoms with Crippen LogP contribution in [0.3, 0.4) is 0 Å². The molecule has 2 aromatic carbocycles. The number of rotatable bonds is 5. The first-order chi connectivity index (χ1) is 9.58. The van der Waals surface area contributed by atoms with Gasteiger partial charge < -0.3 is 5.11 Å². The van der Waals surface area contributed by atoms with Gasteiger partial charge in [0.1, 0.15) is 0 Å². The minimum Gasteiger partial charge on any atom is -0.389 e. The van der Waals surface area contributed by atoms with E-state index in [1.165, 1.54) is 18.2 Å². The Morgan fingerprint density at radius 1 is 0.950 bits per heavy atom. The van der Waals surface area contributed by atoms with Crippen LogP contribution in [0.2, 0.25) is 0 Å². The Morgan fingerprint density at radius 2 is 1.50 bits per heavy atom. The molecule has 104 valence electrons. The Balaban J connectivity index is 2.06. The van der Waals surface area contributed by atoms with E-state index in [-0.39, 0.29) is 4.90 Å². The summed E-state index contributed by atoms with van der Waals surface area (Å²) >= 11 is 0. The first-order valence-electron chi connectivity index (χ1n) is 6.28. The minimum absolute atomic E-state index is 0.225. The number of aliphatic hydroxyl groups is 1. The molecule has 2 rings (SSSR count). The standard InChI is InChI=1S/C16H16O3S/c17-15(13-14-7-3-1-4-8-14)11-12-20(18,19)16-9-5-2-6-10-16/h1-12,15,17H,13H2. The summed E-state index contributed by atoms with van der Waals surface area (Å²) in [5.74, 6) is 0. The number of hydrogen-bond acceptors (Lipinski definition) is 3. The highest BCUT2D eigenvalue weighted by Gasteiger charge is 2.10. The zero-order chi connectivity index (χ0) is 14.4. The highest BCUT2D eigenvalue weighted by Crippen LogP contribution is 2.12. The molecule has 0 aliphatic heterocycles. The van der Waals surface area contributed by atoms with Crippen LogP contribution < -0.4 is 0 Å². The SMILES string of the molecule is O=S(=O)(C=CC(O)Cc1ccccc1)c1ccccc1. The van der Waals surface area contributed by atoms with Gasteiger partial charge in [-0.1, -0.05) is 48.5 Å². The Kier molecular flexibility index (Phi) is 4.71. The smallest absolute Gasteiger partial charge is 0.199 e. The van der Waals surface area contributed by atoms with Crippen molar-refractivity contribution in [3.63, 3.8) is 0 Å². The predicted molar refractivity (Wildman–Crippen MR) is 78.9 cm³/mol. The second-order valence-corrected chi connectivity index (χ2v) is 6.28. The van der Waals surface area contributed by atoms with Gasteiger partial charge in [0.25, 0.3) is 0 Å². The van der Waals surface area contributed by atoms with Crippen LogP contribution >= 0.6 is 0 Å². The van der Waals surface area contributed by atoms with E-state index < -0.39 is 15.9 Å². The largest absolute Gasteiger partial charge is 0.389 e. The maximum atomic E-state index is 12.0. The van der Waals surface area contributed by atoms with Crippen molar-refractivity contribution in [3.8, 4) is 0 Å². The molecule has 0 heterocycles. The van der Waals surface area contributed by atoms with Crippen molar-refractivity contribution in [1.29, 1.82) is 0 Å². The van der Waals surface area contributed by atoms with Gasteiger partial charge in [0.2, 0.25) is 0 Å². The third-order valence-electron chi connectivity index (χ3n) is 2.84. The van der Waals surface area contributed by atoms with E-state index >= 15 is 0 Å². The summed E-state index contributed by atoms with van der Waals surface area (Å²) in [6.07, 6.45) is 0.882. The summed E-state index contributed by atoms with van der Waals surface area (Å²) in [5.41, 5.74) is 0.960. The third kappa shape index (κ3) is 4.05. The van der Waals surface area contributed by atoms with Crippen LogP contribution in [0.5, 0.6) is 0 Å². The van der Waals surface area contributed by atoms with Crippen LogP contribution in [0, 0.1) is 0 Å². The second-order valence-electron chi connectivity index (χ2n) is 4.44. The monoisotopic (exact) mass is 288 g/mol. The first kappa shape index (κ1) is 14.5. The molecule has 1 atom stereocenters. The lowest BCUT2D eigenvalue weighted by atomic mass is 10.1. The van der Waals surface area contributed by atoms with Gasteiger partial charge in [0, 0.05) is 11.8 Å². The molecule has 0 aliphatic rings. The summed E-state index contributed by atoms with van der Waals surface area (Å²) in [4.78, 5) is 0.225. The molecule has 0 radical (unpaired) electrons. The Bertz CT molecular complexity index is 661. The van der Waals surface area contributed by atoms with E-state index in [1.807, 2.05) is 30.3 Å². The van der Waals surface area contributed by atoms with Crippen molar-refractivity contribution in [2.45, 2.75) is 17.4 Å². The van der Waals surface area contributed by atoms with E-state index in [4.69, 9.17) is 0 Å². The molecular weight excluding hydrogens is 272 g/mol. The molecule has 1 N–H and O–H groups in total. The van der Waals surface area contributed by atoms with Crippen molar-refractivity contribution < 1.29 is 13.5 Å². The normalized spacial score (nSPS) is 13.4. The number of benzene rings is 2. The maximum Gasteiger partial charge on any atom is 0.199 e. The van der Waals surface area contributed by atoms with Crippen molar-refractivity contribution in [2.24, 2.45) is 0 Å². The van der Waals surface area contributed by atoms with Gasteiger partial charge in [-0.05, 0) is 23.8 Å². The van der Waals surface area contributed by atoms with Gasteiger partial charge in [-0.3, -0.25) is 0 Å². The van der Waals surface area contributed by atoms with Gasteiger partial charge >= 0.3 is 0 Å². The van der Waals surface area contributed by atoms with Crippen LogP contribution in [-0.2, 0) is 16.3 Å². The number of sulfone groups is 1. The first-order valence-corrected chi connectivity index (χ1v) is 7.83. The van der Waals surface area contributed by atoms with E-state index in [0.717, 1.165) is 11.0 Å². The van der Waals surface area contributed by atoms with Crippen molar-refractivity contribution in [3.05, 3.63) is 77.7 Å². The summed E-state index contributed by atoms with van der Waals surface area (Å²) in [5, 5.41) is 10.9. The average molecular weight is 288 g/mol. The molecule has 20 heavy (non-hydrogen) atoms. The second kappa shape index (κ2) is 6.50. The highest BCUT2D eigenvalue weighted by atomic mass is 32.2. The lowest BCUT2D eigenvalue weighted by Gasteiger charge is -2.05. The summed E-state index contributed by atoms with van der Waals surface area (Å²) in [6, 6.07) is 17.6. The number of hydrogen-bond donors (Lipinski definition) is 1. The molecule has 0 spiro atoms. The Morgan fingerprint density at radius 3 is 2.10 bits per heavy atom. The van der Waals surface area contributed by atoms with Crippen LogP contribution in [0.4, 0.5) is 0 Å². The third-order valence-corrected chi connectivity index (χ3v) is 4.28. The van der Waals surface area contributed by atoms with Gasteiger partial charge in [0.05, 0.1) is 11.0 Å². The minimum atomic E-state index is -3.49. The molecule has 0 saturated heterocycles. The van der Waals surface area contributed by atoms with Crippen LogP contribution in [-0.4, -0.2) is 19.6 Å². The fourth-order valence-corrected chi connectivity index (χ4v) is 2.89. The molecule has 4 heteroatoms. The Labute approximate surface area is 119 Å². The van der Waals surface area contributed by atoms with E-state index in [1.54, 1.807) is 18.2 Å². The Hall–Kier alpha value is -1.91. The van der Waals surface area contributed by atoms with E-state index in [9.17, 15) is 13.5 Å². The van der Waals surface area contributed by atoms with Crippen molar-refractivity contribution in [1.82, 2.24) is 0 Å². The van der Waals surface area contributed by atoms with E-state index in [2.05, 4.69) is 0 Å². The number of aliphatic hydroxyl groups excluding tert-OH is 1. The predicted octanol–water partition coefficient (Wildman–Crippen LogP) is 2.58. The summed E-state index contributed by atoms with van der Waals surface area (Å²) in [6.45, 7) is 0. The molecule has 0 fully saturated rings. The lowest BCUT2D eigenvalue weighted by molar-refractivity contribution is 0.224. The van der Waals surface area contributed by atoms with Gasteiger partial charge in [-0.2, -0.15) is 0 Å². The summed E-state index contributed by atoms with van der Waals surface area (Å²) in [7, 11) is -3.49. The molecule has 3 nitrogen and oxygen atoms in total. The quantitative estimate of drug-likeness (QED) is 0.920. The lowest BCUT2D eigenvalue weighted by Crippen LogP contribution is -2.07. The summed E-state index contributed by atoms with van der Waals surface area (Å²) < 4.78 is 24.0. The molecular formula is C16H16O3S. The fourth-order valence-electron chi connectivity index (χ4n) is 1.81. The van der Waals surface area contributed by atoms with Gasteiger partial charge in [-0.25, -0.2) is 8.42 Å². The van der Waals surface area contributed by atoms with Crippen LogP contribution in [0.1, 0.15) is 5.56 Å².